The second-order valence-corrected chi connectivity index (χ2v) is 5.85. The van der Waals surface area contributed by atoms with Gasteiger partial charge in [0.2, 0.25) is 5.91 Å². The topological polar surface area (TPSA) is 75.4 Å². The van der Waals surface area contributed by atoms with Crippen molar-refractivity contribution < 1.29 is 9.59 Å². The van der Waals surface area contributed by atoms with Crippen molar-refractivity contribution in [1.82, 2.24) is 4.90 Å². The average Bonchev–Trinajstić information content (AvgIpc) is 2.39. The molecular weight excluding hydrogens is 302 g/mol. The fourth-order valence-corrected chi connectivity index (χ4v) is 2.08. The number of aryl methyl sites for hydroxylation is 1. The van der Waals surface area contributed by atoms with Crippen LogP contribution < -0.4 is 11.1 Å². The van der Waals surface area contributed by atoms with Crippen LogP contribution in [0.15, 0.2) is 18.2 Å². The summed E-state index contributed by atoms with van der Waals surface area (Å²) >= 11 is 0. The number of hydrogen-bond donors (Lipinski definition) is 2. The Hall–Kier alpha value is -1.59. The van der Waals surface area contributed by atoms with Gasteiger partial charge in [-0.3, -0.25) is 9.59 Å². The van der Waals surface area contributed by atoms with Crippen LogP contribution >= 0.6 is 12.4 Å². The summed E-state index contributed by atoms with van der Waals surface area (Å²) in [5.41, 5.74) is 7.13. The second kappa shape index (κ2) is 8.15. The summed E-state index contributed by atoms with van der Waals surface area (Å²) in [6.07, 6.45) is 1.44. The number of benzene rings is 1. The third-order valence-electron chi connectivity index (χ3n) is 3.42. The normalized spacial score (nSPS) is 12.8. The van der Waals surface area contributed by atoms with E-state index in [1.165, 1.54) is 4.90 Å². The molecule has 22 heavy (non-hydrogen) atoms. The maximum atomic E-state index is 12.2. The molecule has 0 aliphatic heterocycles. The van der Waals surface area contributed by atoms with Crippen molar-refractivity contribution in [2.24, 2.45) is 5.73 Å². The lowest BCUT2D eigenvalue weighted by Crippen LogP contribution is -2.48. The highest BCUT2D eigenvalue weighted by atomic mass is 35.5. The van der Waals surface area contributed by atoms with Crippen molar-refractivity contribution in [2.75, 3.05) is 19.4 Å². The lowest BCUT2D eigenvalue weighted by molar-refractivity contribution is -0.120. The first kappa shape index (κ1) is 20.4. The van der Waals surface area contributed by atoms with Gasteiger partial charge in [0.1, 0.15) is 0 Å². The number of carbonyl (C=O) groups is 2. The average molecular weight is 328 g/mol. The molecule has 0 radical (unpaired) electrons. The molecule has 124 valence electrons. The lowest BCUT2D eigenvalue weighted by atomic mass is 9.96. The largest absolute Gasteiger partial charge is 0.345 e. The van der Waals surface area contributed by atoms with Gasteiger partial charge in [-0.15, -0.1) is 12.4 Å². The monoisotopic (exact) mass is 327 g/mol. The van der Waals surface area contributed by atoms with Crippen molar-refractivity contribution in [3.05, 3.63) is 29.3 Å². The minimum Gasteiger partial charge on any atom is -0.345 e. The highest BCUT2D eigenvalue weighted by Crippen LogP contribution is 2.19. The number of amides is 2. The SMILES string of the molecule is CCCC(C)(N)C(=O)Nc1ccc(C)c(C(=O)N(C)C)c1.Cl. The van der Waals surface area contributed by atoms with E-state index in [0.717, 1.165) is 12.0 Å². The number of nitrogens with zero attached hydrogens (tertiary/aromatic N) is 1. The molecule has 0 aliphatic carbocycles. The minimum atomic E-state index is -0.911. The number of halogens is 1. The Balaban J connectivity index is 0.00000441. The van der Waals surface area contributed by atoms with E-state index in [1.54, 1.807) is 33.2 Å². The van der Waals surface area contributed by atoms with E-state index in [9.17, 15) is 9.59 Å². The maximum Gasteiger partial charge on any atom is 0.253 e. The zero-order valence-electron chi connectivity index (χ0n) is 13.9. The van der Waals surface area contributed by atoms with Crippen LogP contribution in [0.25, 0.3) is 0 Å². The molecule has 1 rings (SSSR count). The summed E-state index contributed by atoms with van der Waals surface area (Å²) in [6, 6.07) is 5.29. The summed E-state index contributed by atoms with van der Waals surface area (Å²) in [5.74, 6) is -0.330. The van der Waals surface area contributed by atoms with Gasteiger partial charge in [-0.25, -0.2) is 0 Å². The van der Waals surface area contributed by atoms with Gasteiger partial charge in [-0.1, -0.05) is 19.4 Å². The third-order valence-corrected chi connectivity index (χ3v) is 3.42. The zero-order chi connectivity index (χ0) is 16.2. The number of nitrogens with two attached hydrogens (primary N) is 1. The lowest BCUT2D eigenvalue weighted by Gasteiger charge is -2.23. The van der Waals surface area contributed by atoms with Gasteiger partial charge >= 0.3 is 0 Å². The summed E-state index contributed by atoms with van der Waals surface area (Å²) in [6.45, 7) is 5.57. The second-order valence-electron chi connectivity index (χ2n) is 5.85. The van der Waals surface area contributed by atoms with Crippen LogP contribution in [0.1, 0.15) is 42.6 Å². The van der Waals surface area contributed by atoms with Crippen molar-refractivity contribution in [1.29, 1.82) is 0 Å². The Morgan fingerprint density at radius 3 is 2.41 bits per heavy atom. The standard InChI is InChI=1S/C16H25N3O2.ClH/c1-6-9-16(3,17)15(21)18-12-8-7-11(2)13(10-12)14(20)19(4)5;/h7-8,10H,6,9,17H2,1-5H3,(H,18,21);1H. The summed E-state index contributed by atoms with van der Waals surface area (Å²) in [7, 11) is 3.40. The van der Waals surface area contributed by atoms with Crippen LogP contribution in [-0.2, 0) is 4.79 Å². The molecule has 0 aliphatic rings. The number of rotatable bonds is 5. The van der Waals surface area contributed by atoms with E-state index in [0.29, 0.717) is 17.7 Å². The molecule has 6 heteroatoms. The maximum absolute atomic E-state index is 12.2. The van der Waals surface area contributed by atoms with Crippen LogP contribution in [-0.4, -0.2) is 36.3 Å². The molecular formula is C16H26ClN3O2. The van der Waals surface area contributed by atoms with Gasteiger partial charge in [0.25, 0.3) is 5.91 Å². The van der Waals surface area contributed by atoms with Gasteiger partial charge in [-0.2, -0.15) is 0 Å². The summed E-state index contributed by atoms with van der Waals surface area (Å²) in [5, 5.41) is 2.79. The predicted molar refractivity (Wildman–Crippen MR) is 92.6 cm³/mol. The molecule has 0 bridgehead atoms. The Labute approximate surface area is 138 Å². The quantitative estimate of drug-likeness (QED) is 0.872. The molecule has 0 aromatic heterocycles. The molecule has 1 aromatic rings. The highest BCUT2D eigenvalue weighted by Gasteiger charge is 2.27. The number of hydrogen-bond acceptors (Lipinski definition) is 3. The van der Waals surface area contributed by atoms with E-state index >= 15 is 0 Å². The van der Waals surface area contributed by atoms with Crippen LogP contribution in [0.2, 0.25) is 0 Å². The molecule has 0 heterocycles. The Morgan fingerprint density at radius 2 is 1.91 bits per heavy atom. The molecule has 0 saturated carbocycles. The molecule has 1 atom stereocenters. The van der Waals surface area contributed by atoms with Crippen LogP contribution in [0.3, 0.4) is 0 Å². The van der Waals surface area contributed by atoms with E-state index in [4.69, 9.17) is 5.73 Å². The molecule has 2 amide bonds. The van der Waals surface area contributed by atoms with E-state index in [2.05, 4.69) is 5.32 Å². The van der Waals surface area contributed by atoms with Gasteiger partial charge < -0.3 is 16.0 Å². The van der Waals surface area contributed by atoms with Crippen LogP contribution in [0.5, 0.6) is 0 Å². The molecule has 1 aromatic carbocycles. The van der Waals surface area contributed by atoms with E-state index in [1.807, 2.05) is 19.9 Å². The van der Waals surface area contributed by atoms with E-state index < -0.39 is 5.54 Å². The number of anilines is 1. The van der Waals surface area contributed by atoms with Gasteiger partial charge in [0.05, 0.1) is 5.54 Å². The molecule has 0 saturated heterocycles. The van der Waals surface area contributed by atoms with Crippen molar-refractivity contribution in [3.8, 4) is 0 Å². The third kappa shape index (κ3) is 5.00. The first-order valence-corrected chi connectivity index (χ1v) is 7.11. The van der Waals surface area contributed by atoms with Gasteiger partial charge in [-0.05, 0) is 38.0 Å². The van der Waals surface area contributed by atoms with Crippen molar-refractivity contribution >= 4 is 29.9 Å². The first-order valence-electron chi connectivity index (χ1n) is 7.11. The van der Waals surface area contributed by atoms with E-state index in [-0.39, 0.29) is 24.2 Å². The fraction of sp³-hybridized carbons (Fsp3) is 0.500. The Bertz CT molecular complexity index is 542. The molecule has 0 fully saturated rings. The highest BCUT2D eigenvalue weighted by molar-refractivity contribution is 6.00. The summed E-state index contributed by atoms with van der Waals surface area (Å²) < 4.78 is 0. The first-order chi connectivity index (χ1) is 9.69. The molecule has 3 N–H and O–H groups in total. The Kier molecular flexibility index (Phi) is 7.56. The van der Waals surface area contributed by atoms with Crippen molar-refractivity contribution in [3.63, 3.8) is 0 Å². The van der Waals surface area contributed by atoms with Crippen LogP contribution in [0, 0.1) is 6.92 Å². The smallest absolute Gasteiger partial charge is 0.253 e. The molecule has 0 spiro atoms. The fourth-order valence-electron chi connectivity index (χ4n) is 2.08. The van der Waals surface area contributed by atoms with Gasteiger partial charge in [0.15, 0.2) is 0 Å². The zero-order valence-corrected chi connectivity index (χ0v) is 14.7. The number of nitrogens with one attached hydrogen (secondary N) is 1. The molecule has 1 unspecified atom stereocenters. The molecule has 5 nitrogen and oxygen atoms in total. The van der Waals surface area contributed by atoms with Gasteiger partial charge in [0, 0.05) is 25.3 Å². The Morgan fingerprint density at radius 1 is 1.32 bits per heavy atom. The van der Waals surface area contributed by atoms with Crippen LogP contribution in [0.4, 0.5) is 5.69 Å². The predicted octanol–water partition coefficient (Wildman–Crippen LogP) is 2.57. The summed E-state index contributed by atoms with van der Waals surface area (Å²) in [4.78, 5) is 25.8. The number of carbonyl (C=O) groups excluding carboxylic acids is 2. The van der Waals surface area contributed by atoms with Crippen molar-refractivity contribution in [2.45, 2.75) is 39.2 Å². The minimum absolute atomic E-state index is 0.